The van der Waals surface area contributed by atoms with Gasteiger partial charge in [-0.3, -0.25) is 4.79 Å². The summed E-state index contributed by atoms with van der Waals surface area (Å²) in [6.07, 6.45) is -0.116. The van der Waals surface area contributed by atoms with Crippen molar-refractivity contribution >= 4 is 28.8 Å². The predicted molar refractivity (Wildman–Crippen MR) is 136 cm³/mol. The maximum atomic E-state index is 10.8. The molecule has 0 heterocycles. The lowest BCUT2D eigenvalue weighted by Crippen LogP contribution is -2.22. The van der Waals surface area contributed by atoms with Crippen molar-refractivity contribution in [3.8, 4) is 23.0 Å². The van der Waals surface area contributed by atoms with Crippen LogP contribution in [-0.4, -0.2) is 17.7 Å². The van der Waals surface area contributed by atoms with Crippen LogP contribution in [0.4, 0.5) is 0 Å². The number of benzene rings is 3. The number of aryl methyl sites for hydroxylation is 1. The van der Waals surface area contributed by atoms with Crippen LogP contribution in [0.5, 0.6) is 0 Å². The Morgan fingerprint density at radius 2 is 1.67 bits per heavy atom. The van der Waals surface area contributed by atoms with E-state index in [-0.39, 0.29) is 11.7 Å². The van der Waals surface area contributed by atoms with Crippen LogP contribution in [0.1, 0.15) is 64.3 Å². The molecule has 172 valence electrons. The Bertz CT molecular complexity index is 1220. The molecular weight excluding hydrogens is 432 g/mol. The van der Waals surface area contributed by atoms with Gasteiger partial charge in [0.2, 0.25) is 0 Å². The maximum absolute atomic E-state index is 10.8. The standard InChI is InChI=1S/C29H31ClO3/c1-19-16-23-9-8-21(14-15-29(6,7)32-18-31)17-25(23)27(22-10-12-24(30)13-11-22)26(19)20(2)33-28(3,4)5/h8-13,16-18,20H,1-7H3. The second-order valence-electron chi connectivity index (χ2n) is 9.77. The SMILES string of the molecule is Cc1cc2ccc(C#CC(C)(C)OC=O)cc2c(-c2ccc(Cl)cc2)c1C(C)OC(C)(C)C. The normalized spacial score (nSPS) is 12.7. The molecular formula is C29H31ClO3. The van der Waals surface area contributed by atoms with Crippen molar-refractivity contribution in [2.75, 3.05) is 0 Å². The highest BCUT2D eigenvalue weighted by molar-refractivity contribution is 6.30. The molecule has 3 aromatic carbocycles. The Morgan fingerprint density at radius 3 is 2.27 bits per heavy atom. The quantitative estimate of drug-likeness (QED) is 0.288. The fourth-order valence-electron chi connectivity index (χ4n) is 4.04. The highest BCUT2D eigenvalue weighted by atomic mass is 35.5. The molecule has 1 atom stereocenters. The van der Waals surface area contributed by atoms with Crippen LogP contribution in [-0.2, 0) is 14.3 Å². The lowest BCUT2D eigenvalue weighted by atomic mass is 9.87. The zero-order valence-corrected chi connectivity index (χ0v) is 21.1. The summed E-state index contributed by atoms with van der Waals surface area (Å²) in [7, 11) is 0. The minimum atomic E-state index is -0.858. The molecule has 1 unspecified atom stereocenters. The van der Waals surface area contributed by atoms with Crippen molar-refractivity contribution in [3.05, 3.63) is 70.2 Å². The van der Waals surface area contributed by atoms with E-state index in [2.05, 4.69) is 64.7 Å². The van der Waals surface area contributed by atoms with Gasteiger partial charge in [0.25, 0.3) is 6.47 Å². The largest absolute Gasteiger partial charge is 0.449 e. The van der Waals surface area contributed by atoms with Gasteiger partial charge in [0.15, 0.2) is 5.60 Å². The molecule has 3 nitrogen and oxygen atoms in total. The van der Waals surface area contributed by atoms with Crippen molar-refractivity contribution < 1.29 is 14.3 Å². The first-order chi connectivity index (χ1) is 15.4. The van der Waals surface area contributed by atoms with Crippen molar-refractivity contribution in [1.29, 1.82) is 0 Å². The van der Waals surface area contributed by atoms with Crippen molar-refractivity contribution in [2.24, 2.45) is 0 Å². The summed E-state index contributed by atoms with van der Waals surface area (Å²) < 4.78 is 11.5. The Balaban J connectivity index is 2.28. The first-order valence-corrected chi connectivity index (χ1v) is 11.4. The van der Waals surface area contributed by atoms with Crippen molar-refractivity contribution in [1.82, 2.24) is 0 Å². The molecule has 3 rings (SSSR count). The number of rotatable bonds is 5. The summed E-state index contributed by atoms with van der Waals surface area (Å²) in [4.78, 5) is 10.8. The first-order valence-electron chi connectivity index (χ1n) is 11.1. The molecule has 0 amide bonds. The molecule has 3 aromatic rings. The third kappa shape index (κ3) is 6.16. The molecule has 0 bridgehead atoms. The Labute approximate surface area is 202 Å². The third-order valence-electron chi connectivity index (χ3n) is 5.31. The van der Waals surface area contributed by atoms with Crippen molar-refractivity contribution in [2.45, 2.75) is 65.8 Å². The van der Waals surface area contributed by atoms with Gasteiger partial charge in [0, 0.05) is 10.6 Å². The Hall–Kier alpha value is -2.80. The second kappa shape index (κ2) is 9.59. The van der Waals surface area contributed by atoms with Gasteiger partial charge < -0.3 is 9.47 Å². The summed E-state index contributed by atoms with van der Waals surface area (Å²) >= 11 is 6.19. The smallest absolute Gasteiger partial charge is 0.294 e. The van der Waals surface area contributed by atoms with Gasteiger partial charge in [-0.15, -0.1) is 0 Å². The zero-order valence-electron chi connectivity index (χ0n) is 20.4. The van der Waals surface area contributed by atoms with Gasteiger partial charge in [0.1, 0.15) is 0 Å². The molecule has 0 spiro atoms. The second-order valence-corrected chi connectivity index (χ2v) is 10.2. The number of carbonyl (C=O) groups is 1. The van der Waals surface area contributed by atoms with E-state index in [1.165, 1.54) is 5.56 Å². The van der Waals surface area contributed by atoms with Crippen LogP contribution in [0.2, 0.25) is 5.02 Å². The molecule has 4 heteroatoms. The molecule has 0 aromatic heterocycles. The molecule has 33 heavy (non-hydrogen) atoms. The maximum Gasteiger partial charge on any atom is 0.294 e. The summed E-state index contributed by atoms with van der Waals surface area (Å²) in [6, 6.07) is 16.3. The van der Waals surface area contributed by atoms with Gasteiger partial charge in [0.05, 0.1) is 11.7 Å². The number of halogens is 1. The van der Waals surface area contributed by atoms with E-state index in [1.807, 2.05) is 30.3 Å². The van der Waals surface area contributed by atoms with Crippen LogP contribution in [0.25, 0.3) is 21.9 Å². The number of hydrogen-bond acceptors (Lipinski definition) is 3. The van der Waals surface area contributed by atoms with Crippen LogP contribution in [0.15, 0.2) is 48.5 Å². The van der Waals surface area contributed by atoms with E-state index in [0.29, 0.717) is 11.5 Å². The summed E-state index contributed by atoms with van der Waals surface area (Å²) in [6.45, 7) is 14.4. The van der Waals surface area contributed by atoms with E-state index in [9.17, 15) is 4.79 Å². The van der Waals surface area contributed by atoms with Gasteiger partial charge in [-0.05, 0) is 106 Å². The van der Waals surface area contributed by atoms with Crippen LogP contribution >= 0.6 is 11.6 Å². The highest BCUT2D eigenvalue weighted by Crippen LogP contribution is 2.40. The van der Waals surface area contributed by atoms with Gasteiger partial charge in [-0.1, -0.05) is 47.7 Å². The highest BCUT2D eigenvalue weighted by Gasteiger charge is 2.23. The number of ether oxygens (including phenoxy) is 2. The molecule has 0 saturated carbocycles. The van der Waals surface area contributed by atoms with Gasteiger partial charge in [-0.2, -0.15) is 0 Å². The third-order valence-corrected chi connectivity index (χ3v) is 5.56. The monoisotopic (exact) mass is 462 g/mol. The zero-order chi connectivity index (χ0) is 24.4. The Kier molecular flexibility index (Phi) is 7.22. The minimum Gasteiger partial charge on any atom is -0.449 e. The molecule has 0 aliphatic carbocycles. The predicted octanol–water partition coefficient (Wildman–Crippen LogP) is 7.65. The van der Waals surface area contributed by atoms with E-state index in [4.69, 9.17) is 21.1 Å². The average molecular weight is 463 g/mol. The number of hydrogen-bond donors (Lipinski definition) is 0. The fraction of sp³-hybridized carbons (Fsp3) is 0.345. The van der Waals surface area contributed by atoms with Gasteiger partial charge in [-0.25, -0.2) is 0 Å². The van der Waals surface area contributed by atoms with Crippen LogP contribution in [0.3, 0.4) is 0 Å². The van der Waals surface area contributed by atoms with Crippen LogP contribution < -0.4 is 0 Å². The van der Waals surface area contributed by atoms with E-state index >= 15 is 0 Å². The lowest BCUT2D eigenvalue weighted by Gasteiger charge is -2.29. The molecule has 0 saturated heterocycles. The van der Waals surface area contributed by atoms with E-state index in [0.717, 1.165) is 33.0 Å². The average Bonchev–Trinajstić information content (AvgIpc) is 2.70. The molecule has 0 aliphatic rings. The summed E-state index contributed by atoms with van der Waals surface area (Å²) in [5, 5.41) is 2.90. The molecule has 0 radical (unpaired) electrons. The molecule has 0 N–H and O–H groups in total. The van der Waals surface area contributed by atoms with E-state index < -0.39 is 5.60 Å². The van der Waals surface area contributed by atoms with Gasteiger partial charge >= 0.3 is 0 Å². The summed E-state index contributed by atoms with van der Waals surface area (Å²) in [5.41, 5.74) is 4.21. The summed E-state index contributed by atoms with van der Waals surface area (Å²) in [5.74, 6) is 6.21. The number of fused-ring (bicyclic) bond motifs is 1. The minimum absolute atomic E-state index is 0.116. The van der Waals surface area contributed by atoms with Crippen LogP contribution in [0, 0.1) is 18.8 Å². The molecule has 0 aliphatic heterocycles. The van der Waals surface area contributed by atoms with E-state index in [1.54, 1.807) is 13.8 Å². The lowest BCUT2D eigenvalue weighted by molar-refractivity contribution is -0.135. The Morgan fingerprint density at radius 1 is 1.00 bits per heavy atom. The first kappa shape index (κ1) is 24.8. The fourth-order valence-corrected chi connectivity index (χ4v) is 4.17. The molecule has 0 fully saturated rings. The number of carbonyl (C=O) groups excluding carboxylic acids is 1. The topological polar surface area (TPSA) is 35.5 Å². The van der Waals surface area contributed by atoms with Crippen molar-refractivity contribution in [3.63, 3.8) is 0 Å².